The molecule has 0 radical (unpaired) electrons. The predicted octanol–water partition coefficient (Wildman–Crippen LogP) is 3.49. The van der Waals surface area contributed by atoms with E-state index < -0.39 is 5.79 Å². The summed E-state index contributed by atoms with van der Waals surface area (Å²) in [5.74, 6) is 0.327. The second kappa shape index (κ2) is 4.26. The van der Waals surface area contributed by atoms with Gasteiger partial charge in [0.15, 0.2) is 5.79 Å². The van der Waals surface area contributed by atoms with Crippen molar-refractivity contribution in [3.8, 4) is 0 Å². The zero-order valence-corrected chi connectivity index (χ0v) is 12.3. The number of hydrogen-bond acceptors (Lipinski definition) is 4. The van der Waals surface area contributed by atoms with Gasteiger partial charge < -0.3 is 9.47 Å². The first-order chi connectivity index (χ1) is 9.00. The van der Waals surface area contributed by atoms with Crippen LogP contribution in [-0.4, -0.2) is 25.0 Å². The van der Waals surface area contributed by atoms with Crippen molar-refractivity contribution >= 4 is 0 Å². The minimum absolute atomic E-state index is 0.238. The van der Waals surface area contributed by atoms with E-state index in [4.69, 9.17) is 9.47 Å². The van der Waals surface area contributed by atoms with Crippen LogP contribution in [0.3, 0.4) is 0 Å². The average molecular weight is 267 g/mol. The third-order valence-corrected chi connectivity index (χ3v) is 6.11. The Morgan fingerprint density at radius 1 is 1.42 bits per heavy atom. The van der Waals surface area contributed by atoms with Crippen molar-refractivity contribution in [2.75, 3.05) is 13.7 Å². The summed E-state index contributed by atoms with van der Waals surface area (Å²) < 4.78 is 12.3. The second-order valence-corrected chi connectivity index (χ2v) is 7.20. The van der Waals surface area contributed by atoms with Crippen molar-refractivity contribution < 1.29 is 9.47 Å². The van der Waals surface area contributed by atoms with E-state index in [-0.39, 0.29) is 17.6 Å². The Kier molecular flexibility index (Phi) is 3.02. The summed E-state index contributed by atoms with van der Waals surface area (Å²) in [6.45, 7) is 4.82. The van der Waals surface area contributed by atoms with Gasteiger partial charge in [0.05, 0.1) is 5.60 Å². The molecule has 2 saturated heterocycles. The van der Waals surface area contributed by atoms with Crippen LogP contribution in [-0.2, 0) is 9.47 Å². The summed E-state index contributed by atoms with van der Waals surface area (Å²) in [6, 6.07) is 0. The van der Waals surface area contributed by atoms with Crippen molar-refractivity contribution in [1.29, 1.82) is 0 Å². The van der Waals surface area contributed by atoms with Crippen molar-refractivity contribution in [1.82, 2.24) is 0 Å². The maximum Gasteiger partial charge on any atom is 0.172 e. The number of fused-ring (bicyclic) bond motifs is 4. The molecule has 1 aliphatic carbocycles. The highest BCUT2D eigenvalue weighted by atomic mass is 16.7. The van der Waals surface area contributed by atoms with Crippen LogP contribution in [0.1, 0.15) is 52.4 Å². The van der Waals surface area contributed by atoms with Gasteiger partial charge in [0.1, 0.15) is 6.54 Å². The Balaban J connectivity index is 2.03. The first kappa shape index (κ1) is 13.5. The van der Waals surface area contributed by atoms with Gasteiger partial charge in [-0.2, -0.15) is 4.91 Å². The van der Waals surface area contributed by atoms with Crippen molar-refractivity contribution in [3.63, 3.8) is 0 Å². The Morgan fingerprint density at radius 3 is 2.89 bits per heavy atom. The van der Waals surface area contributed by atoms with E-state index in [1.165, 1.54) is 25.7 Å². The van der Waals surface area contributed by atoms with Crippen molar-refractivity contribution in [3.05, 3.63) is 4.91 Å². The van der Waals surface area contributed by atoms with E-state index in [2.05, 4.69) is 19.0 Å². The molecule has 0 N–H and O–H groups in total. The fraction of sp³-hybridized carbons (Fsp3) is 1.00. The fourth-order valence-electron chi connectivity index (χ4n) is 5.19. The highest BCUT2D eigenvalue weighted by Crippen LogP contribution is 2.64. The smallest absolute Gasteiger partial charge is 0.172 e. The van der Waals surface area contributed by atoms with Gasteiger partial charge in [-0.1, -0.05) is 31.9 Å². The van der Waals surface area contributed by atoms with E-state index in [0.29, 0.717) is 11.8 Å². The molecule has 4 nitrogen and oxygen atoms in total. The zero-order valence-electron chi connectivity index (χ0n) is 12.3. The van der Waals surface area contributed by atoms with Crippen LogP contribution in [0.15, 0.2) is 5.18 Å². The van der Waals surface area contributed by atoms with E-state index in [1.807, 2.05) is 0 Å². The lowest BCUT2D eigenvalue weighted by atomic mass is 9.60. The van der Waals surface area contributed by atoms with Crippen LogP contribution >= 0.6 is 0 Å². The molecule has 19 heavy (non-hydrogen) atoms. The Bertz CT molecular complexity index is 388. The highest BCUT2D eigenvalue weighted by Gasteiger charge is 2.67. The Hall–Kier alpha value is -0.480. The number of nitrogens with zero attached hydrogens (tertiary/aromatic N) is 1. The normalized spacial score (nSPS) is 52.8. The molecule has 2 aliphatic heterocycles. The first-order valence-electron chi connectivity index (χ1n) is 7.55. The average Bonchev–Trinajstić information content (AvgIpc) is 2.60. The van der Waals surface area contributed by atoms with Crippen LogP contribution in [0, 0.1) is 22.2 Å². The van der Waals surface area contributed by atoms with Crippen LogP contribution in [0.5, 0.6) is 0 Å². The summed E-state index contributed by atoms with van der Waals surface area (Å²) in [7, 11) is 1.76. The molecule has 0 aromatic carbocycles. The van der Waals surface area contributed by atoms with E-state index >= 15 is 0 Å². The Labute approximate surface area is 115 Å². The van der Waals surface area contributed by atoms with E-state index in [0.717, 1.165) is 12.8 Å². The zero-order chi connectivity index (χ0) is 13.7. The lowest BCUT2D eigenvalue weighted by Crippen LogP contribution is -2.58. The molecule has 108 valence electrons. The van der Waals surface area contributed by atoms with Crippen LogP contribution in [0.2, 0.25) is 0 Å². The maximum atomic E-state index is 10.9. The van der Waals surface area contributed by atoms with Gasteiger partial charge in [-0.15, -0.1) is 0 Å². The lowest BCUT2D eigenvalue weighted by Gasteiger charge is -2.56. The molecule has 5 atom stereocenters. The number of rotatable bonds is 3. The molecular weight excluding hydrogens is 242 g/mol. The van der Waals surface area contributed by atoms with Gasteiger partial charge in [0.2, 0.25) is 0 Å². The van der Waals surface area contributed by atoms with Crippen molar-refractivity contribution in [2.45, 2.75) is 63.8 Å². The van der Waals surface area contributed by atoms with Gasteiger partial charge in [-0.3, -0.25) is 0 Å². The Morgan fingerprint density at radius 2 is 2.21 bits per heavy atom. The molecule has 4 unspecified atom stereocenters. The second-order valence-electron chi connectivity index (χ2n) is 7.20. The van der Waals surface area contributed by atoms with Crippen molar-refractivity contribution in [2.24, 2.45) is 22.4 Å². The predicted molar refractivity (Wildman–Crippen MR) is 72.7 cm³/mol. The minimum atomic E-state index is -0.475. The molecule has 4 heteroatoms. The topological polar surface area (TPSA) is 47.9 Å². The summed E-state index contributed by atoms with van der Waals surface area (Å²) in [6.07, 6.45) is 6.82. The largest absolute Gasteiger partial charge is 0.353 e. The standard InChI is InChI=1S/C15H25NO3/c1-11-8-15(18-3)12-6-4-5-7-13(12,2)9-14(11,19-15)10-16-17/h11-12H,4-10H2,1-3H3/t11?,12?,13?,14-,15?/m0/s1. The molecule has 3 aliphatic rings. The van der Waals surface area contributed by atoms with Gasteiger partial charge in [0.25, 0.3) is 0 Å². The SMILES string of the molecule is COC12CC(C)[C@@](CN=O)(CC3(C)CCCCC31)O2. The molecule has 1 saturated carbocycles. The molecule has 3 rings (SSSR count). The maximum absolute atomic E-state index is 10.9. The van der Waals surface area contributed by atoms with E-state index in [9.17, 15) is 4.91 Å². The molecular formula is C15H25NO3. The van der Waals surface area contributed by atoms with Crippen LogP contribution in [0.25, 0.3) is 0 Å². The summed E-state index contributed by atoms with van der Waals surface area (Å²) in [5.41, 5.74) is -0.150. The third-order valence-electron chi connectivity index (χ3n) is 6.11. The summed E-state index contributed by atoms with van der Waals surface area (Å²) in [4.78, 5) is 10.9. The molecule has 3 fully saturated rings. The monoisotopic (exact) mass is 267 g/mol. The van der Waals surface area contributed by atoms with E-state index in [1.54, 1.807) is 7.11 Å². The highest BCUT2D eigenvalue weighted by molar-refractivity contribution is 5.12. The van der Waals surface area contributed by atoms with Gasteiger partial charge in [-0.05, 0) is 30.6 Å². The minimum Gasteiger partial charge on any atom is -0.353 e. The molecule has 2 bridgehead atoms. The van der Waals surface area contributed by atoms with Crippen LogP contribution in [0.4, 0.5) is 0 Å². The molecule has 0 aromatic rings. The molecule has 0 aromatic heterocycles. The number of nitroso groups, excluding NO2 is 1. The molecule has 2 heterocycles. The van der Waals surface area contributed by atoms with Gasteiger partial charge in [0, 0.05) is 19.4 Å². The number of hydrogen-bond donors (Lipinski definition) is 0. The molecule has 0 amide bonds. The van der Waals surface area contributed by atoms with Gasteiger partial charge >= 0.3 is 0 Å². The first-order valence-corrected chi connectivity index (χ1v) is 7.55. The lowest BCUT2D eigenvalue weighted by molar-refractivity contribution is -0.325. The number of ether oxygens (including phenoxy) is 2. The summed E-state index contributed by atoms with van der Waals surface area (Å²) in [5, 5.41) is 3.18. The fourth-order valence-corrected chi connectivity index (χ4v) is 5.19. The molecule has 0 spiro atoms. The third kappa shape index (κ3) is 1.72. The number of methoxy groups -OCH3 is 1. The summed E-state index contributed by atoms with van der Waals surface area (Å²) >= 11 is 0. The quantitative estimate of drug-likeness (QED) is 0.735. The van der Waals surface area contributed by atoms with Crippen LogP contribution < -0.4 is 0 Å². The van der Waals surface area contributed by atoms with Gasteiger partial charge in [-0.25, -0.2) is 0 Å².